The van der Waals surface area contributed by atoms with E-state index < -0.39 is 0 Å². The number of nitrogens with zero attached hydrogens (tertiary/aromatic N) is 2. The Morgan fingerprint density at radius 2 is 2.16 bits per heavy atom. The van der Waals surface area contributed by atoms with Crippen LogP contribution in [0.2, 0.25) is 0 Å². The second-order valence-corrected chi connectivity index (χ2v) is 7.67. The van der Waals surface area contributed by atoms with Gasteiger partial charge in [0, 0.05) is 25.6 Å². The van der Waals surface area contributed by atoms with E-state index in [9.17, 15) is 4.79 Å². The van der Waals surface area contributed by atoms with Gasteiger partial charge in [0.25, 0.3) is 0 Å². The van der Waals surface area contributed by atoms with Crippen molar-refractivity contribution in [1.29, 1.82) is 0 Å². The number of aromatic nitrogens is 1. The van der Waals surface area contributed by atoms with Gasteiger partial charge in [-0.05, 0) is 56.0 Å². The van der Waals surface area contributed by atoms with Crippen LogP contribution in [0.4, 0.5) is 0 Å². The molecule has 3 rings (SSSR count). The number of amides is 1. The fourth-order valence-electron chi connectivity index (χ4n) is 3.54. The van der Waals surface area contributed by atoms with Crippen molar-refractivity contribution in [2.45, 2.75) is 53.0 Å². The molecule has 0 atom stereocenters. The molecule has 5 nitrogen and oxygen atoms in total. The highest BCUT2D eigenvalue weighted by molar-refractivity contribution is 5.88. The number of hydrogen-bond acceptors (Lipinski definition) is 4. The van der Waals surface area contributed by atoms with E-state index in [0.717, 1.165) is 48.6 Å². The molecule has 0 spiro atoms. The molecule has 0 bridgehead atoms. The maximum Gasteiger partial charge on any atom is 0.246 e. The minimum atomic E-state index is 0.0420. The van der Waals surface area contributed by atoms with E-state index in [4.69, 9.17) is 9.15 Å². The van der Waals surface area contributed by atoms with Crippen LogP contribution in [0.15, 0.2) is 53.0 Å². The Bertz CT molecular complexity index is 969. The third kappa shape index (κ3) is 6.45. The van der Waals surface area contributed by atoms with Gasteiger partial charge >= 0.3 is 0 Å². The van der Waals surface area contributed by atoms with Gasteiger partial charge in [0.1, 0.15) is 11.5 Å². The molecule has 0 fully saturated rings. The lowest BCUT2D eigenvalue weighted by Gasteiger charge is -2.28. The van der Waals surface area contributed by atoms with Crippen molar-refractivity contribution in [2.24, 2.45) is 0 Å². The van der Waals surface area contributed by atoms with Crippen LogP contribution in [0, 0.1) is 6.92 Å². The number of benzene rings is 1. The Kier molecular flexibility index (Phi) is 8.27. The number of carbonyl (C=O) groups is 1. The predicted molar refractivity (Wildman–Crippen MR) is 124 cm³/mol. The highest BCUT2D eigenvalue weighted by Gasteiger charge is 2.19. The average molecular weight is 421 g/mol. The largest absolute Gasteiger partial charge is 0.493 e. The van der Waals surface area contributed by atoms with E-state index in [1.807, 2.05) is 43.0 Å². The predicted octanol–water partition coefficient (Wildman–Crippen LogP) is 5.43. The van der Waals surface area contributed by atoms with Gasteiger partial charge in [0.15, 0.2) is 0 Å². The third-order valence-electron chi connectivity index (χ3n) is 5.28. The minimum absolute atomic E-state index is 0.0420. The molecular weight excluding hydrogens is 388 g/mol. The second kappa shape index (κ2) is 11.3. The fourth-order valence-corrected chi connectivity index (χ4v) is 3.54. The van der Waals surface area contributed by atoms with Crippen LogP contribution in [0.1, 0.15) is 55.2 Å². The zero-order valence-corrected chi connectivity index (χ0v) is 18.8. The standard InChI is InChI=1S/C26H32N2O3/c1-4-6-8-10-25-27-24(20(3)31-25)15-17-30-23-13-12-21-14-16-28(19-22(21)18-23)26(29)11-9-7-5-2/h5,7-13,18H,4,6,14-17,19H2,1-3H3/b7-5?,10-8+,11-9?. The van der Waals surface area contributed by atoms with E-state index in [0.29, 0.717) is 25.5 Å². The number of oxazole rings is 1. The summed E-state index contributed by atoms with van der Waals surface area (Å²) in [6.07, 6.45) is 14.9. The lowest BCUT2D eigenvalue weighted by Crippen LogP contribution is -2.34. The van der Waals surface area contributed by atoms with Gasteiger partial charge in [-0.2, -0.15) is 0 Å². The molecule has 0 N–H and O–H groups in total. The maximum absolute atomic E-state index is 12.4. The smallest absolute Gasteiger partial charge is 0.246 e. The van der Waals surface area contributed by atoms with Crippen molar-refractivity contribution in [2.75, 3.05) is 13.2 Å². The molecule has 0 saturated carbocycles. The van der Waals surface area contributed by atoms with E-state index in [-0.39, 0.29) is 5.91 Å². The fraction of sp³-hybridized carbons (Fsp3) is 0.385. The number of carbonyl (C=O) groups excluding carboxylic acids is 1. The van der Waals surface area contributed by atoms with Gasteiger partial charge < -0.3 is 14.1 Å². The quantitative estimate of drug-likeness (QED) is 0.401. The SMILES string of the molecule is CC=CC=CC(=O)N1CCc2ccc(OCCc3nc(/C=C/CCC)oc3C)cc2C1. The summed E-state index contributed by atoms with van der Waals surface area (Å²) >= 11 is 0. The number of ether oxygens (including phenoxy) is 1. The van der Waals surface area contributed by atoms with Crippen molar-refractivity contribution in [3.8, 4) is 5.75 Å². The van der Waals surface area contributed by atoms with E-state index in [2.05, 4.69) is 30.1 Å². The summed E-state index contributed by atoms with van der Waals surface area (Å²) in [6, 6.07) is 6.18. The molecule has 1 aliphatic heterocycles. The number of allylic oxidation sites excluding steroid dienone is 4. The summed E-state index contributed by atoms with van der Waals surface area (Å²) in [7, 11) is 0. The minimum Gasteiger partial charge on any atom is -0.493 e. The first-order valence-corrected chi connectivity index (χ1v) is 11.1. The molecule has 0 radical (unpaired) electrons. The van der Waals surface area contributed by atoms with Crippen LogP contribution in [-0.2, 0) is 24.2 Å². The zero-order chi connectivity index (χ0) is 22.1. The first-order chi connectivity index (χ1) is 15.1. The van der Waals surface area contributed by atoms with E-state index in [1.54, 1.807) is 12.2 Å². The molecule has 2 heterocycles. The molecule has 0 saturated heterocycles. The van der Waals surface area contributed by atoms with Gasteiger partial charge in [-0.3, -0.25) is 4.79 Å². The Balaban J connectivity index is 1.56. The van der Waals surface area contributed by atoms with Crippen LogP contribution < -0.4 is 4.74 Å². The Morgan fingerprint density at radius 1 is 1.29 bits per heavy atom. The van der Waals surface area contributed by atoms with Crippen LogP contribution in [0.3, 0.4) is 0 Å². The van der Waals surface area contributed by atoms with Gasteiger partial charge in [0.05, 0.1) is 12.3 Å². The summed E-state index contributed by atoms with van der Waals surface area (Å²) in [5, 5.41) is 0. The average Bonchev–Trinajstić information content (AvgIpc) is 3.12. The Labute approximate surface area is 185 Å². The molecule has 1 amide bonds. The Morgan fingerprint density at radius 3 is 2.97 bits per heavy atom. The van der Waals surface area contributed by atoms with Crippen LogP contribution in [-0.4, -0.2) is 28.9 Å². The first kappa shape index (κ1) is 22.6. The molecule has 1 aromatic heterocycles. The summed E-state index contributed by atoms with van der Waals surface area (Å²) in [5.41, 5.74) is 3.36. The summed E-state index contributed by atoms with van der Waals surface area (Å²) in [5.74, 6) is 2.36. The number of rotatable bonds is 9. The molecule has 31 heavy (non-hydrogen) atoms. The normalized spacial score (nSPS) is 14.1. The molecule has 1 aliphatic rings. The molecule has 2 aromatic rings. The highest BCUT2D eigenvalue weighted by Crippen LogP contribution is 2.24. The van der Waals surface area contributed by atoms with Crippen molar-refractivity contribution >= 4 is 12.0 Å². The summed E-state index contributed by atoms with van der Waals surface area (Å²) in [6.45, 7) is 7.90. The van der Waals surface area contributed by atoms with Crippen molar-refractivity contribution in [1.82, 2.24) is 9.88 Å². The maximum atomic E-state index is 12.4. The second-order valence-electron chi connectivity index (χ2n) is 7.67. The Hall–Kier alpha value is -3.08. The zero-order valence-electron chi connectivity index (χ0n) is 18.8. The van der Waals surface area contributed by atoms with Crippen molar-refractivity contribution < 1.29 is 13.9 Å². The molecular formula is C26H32N2O3. The number of aryl methyl sites for hydroxylation is 1. The van der Waals surface area contributed by atoms with Crippen molar-refractivity contribution in [3.05, 3.63) is 77.1 Å². The molecule has 164 valence electrons. The van der Waals surface area contributed by atoms with E-state index in [1.165, 1.54) is 5.56 Å². The van der Waals surface area contributed by atoms with Crippen LogP contribution in [0.25, 0.3) is 6.08 Å². The number of fused-ring (bicyclic) bond motifs is 1. The monoisotopic (exact) mass is 420 g/mol. The topological polar surface area (TPSA) is 55.6 Å². The molecule has 5 heteroatoms. The van der Waals surface area contributed by atoms with Crippen LogP contribution in [0.5, 0.6) is 5.75 Å². The third-order valence-corrected chi connectivity index (χ3v) is 5.28. The highest BCUT2D eigenvalue weighted by atomic mass is 16.5. The molecule has 0 unspecified atom stereocenters. The lowest BCUT2D eigenvalue weighted by atomic mass is 9.99. The van der Waals surface area contributed by atoms with Gasteiger partial charge in [0.2, 0.25) is 11.8 Å². The van der Waals surface area contributed by atoms with Crippen LogP contribution >= 0.6 is 0 Å². The van der Waals surface area contributed by atoms with E-state index >= 15 is 0 Å². The number of hydrogen-bond donors (Lipinski definition) is 0. The summed E-state index contributed by atoms with van der Waals surface area (Å²) < 4.78 is 11.7. The molecule has 0 aliphatic carbocycles. The van der Waals surface area contributed by atoms with Crippen molar-refractivity contribution in [3.63, 3.8) is 0 Å². The van der Waals surface area contributed by atoms with Gasteiger partial charge in [-0.15, -0.1) is 0 Å². The van der Waals surface area contributed by atoms with Gasteiger partial charge in [-0.25, -0.2) is 4.98 Å². The summed E-state index contributed by atoms with van der Waals surface area (Å²) in [4.78, 5) is 18.8. The van der Waals surface area contributed by atoms with Gasteiger partial charge in [-0.1, -0.05) is 43.7 Å². The molecule has 1 aromatic carbocycles. The first-order valence-electron chi connectivity index (χ1n) is 11.1. The number of unbranched alkanes of at least 4 members (excludes halogenated alkanes) is 1. The lowest BCUT2D eigenvalue weighted by molar-refractivity contribution is -0.126.